The van der Waals surface area contributed by atoms with Crippen molar-refractivity contribution in [3.8, 4) is 0 Å². The fourth-order valence-corrected chi connectivity index (χ4v) is 3.16. The number of aromatic nitrogens is 2. The molecule has 0 aromatic carbocycles. The van der Waals surface area contributed by atoms with Crippen LogP contribution in [0.5, 0.6) is 0 Å². The lowest BCUT2D eigenvalue weighted by atomic mass is 9.95. The molecule has 1 aliphatic heterocycles. The molecule has 2 heterocycles. The molecule has 1 aromatic rings. The molecule has 0 N–H and O–H groups in total. The summed E-state index contributed by atoms with van der Waals surface area (Å²) in [4.78, 5) is 27.1. The molecule has 0 radical (unpaired) electrons. The molecule has 0 spiro atoms. The normalized spacial score (nSPS) is 22.1. The number of halogens is 1. The van der Waals surface area contributed by atoms with E-state index in [0.717, 1.165) is 12.8 Å². The molecule has 1 aromatic heterocycles. The summed E-state index contributed by atoms with van der Waals surface area (Å²) < 4.78 is 6.94. The van der Waals surface area contributed by atoms with Crippen LogP contribution in [0.2, 0.25) is 5.02 Å². The highest BCUT2D eigenvalue weighted by atomic mass is 35.5. The average molecular weight is 342 g/mol. The maximum atomic E-state index is 13.0. The molecule has 128 valence electrons. The van der Waals surface area contributed by atoms with Gasteiger partial charge in [-0.25, -0.2) is 4.79 Å². The van der Waals surface area contributed by atoms with Gasteiger partial charge in [0.05, 0.1) is 11.2 Å². The molecule has 1 aliphatic rings. The lowest BCUT2D eigenvalue weighted by molar-refractivity contribution is -0.162. The lowest BCUT2D eigenvalue weighted by Gasteiger charge is -2.40. The summed E-state index contributed by atoms with van der Waals surface area (Å²) in [7, 11) is 1.66. The van der Waals surface area contributed by atoms with Crippen LogP contribution in [0.4, 0.5) is 0 Å². The number of ether oxygens (including phenoxy) is 1. The number of piperidine rings is 1. The van der Waals surface area contributed by atoms with Gasteiger partial charge in [0.2, 0.25) is 0 Å². The average Bonchev–Trinajstić information content (AvgIpc) is 2.75. The molecule has 1 amide bonds. The van der Waals surface area contributed by atoms with E-state index in [9.17, 15) is 9.59 Å². The zero-order valence-corrected chi connectivity index (χ0v) is 15.1. The third-order valence-corrected chi connectivity index (χ3v) is 4.20. The number of nitrogens with zero attached hydrogens (tertiary/aromatic N) is 3. The van der Waals surface area contributed by atoms with Crippen LogP contribution in [0.1, 0.15) is 57.4 Å². The van der Waals surface area contributed by atoms with Crippen LogP contribution in [0.25, 0.3) is 0 Å². The second kappa shape index (κ2) is 6.51. The maximum absolute atomic E-state index is 13.0. The van der Waals surface area contributed by atoms with Crippen molar-refractivity contribution in [1.29, 1.82) is 0 Å². The smallest absolute Gasteiger partial charge is 0.329 e. The fourth-order valence-electron chi connectivity index (χ4n) is 2.91. The Labute approximate surface area is 141 Å². The molecule has 2 rings (SSSR count). The third-order valence-electron chi connectivity index (χ3n) is 3.92. The minimum absolute atomic E-state index is 0.0558. The summed E-state index contributed by atoms with van der Waals surface area (Å²) in [6.07, 6.45) is 3.76. The van der Waals surface area contributed by atoms with Crippen molar-refractivity contribution in [1.82, 2.24) is 14.7 Å². The first-order chi connectivity index (χ1) is 10.6. The molecule has 1 saturated heterocycles. The van der Waals surface area contributed by atoms with Gasteiger partial charge in [-0.1, -0.05) is 11.6 Å². The summed E-state index contributed by atoms with van der Waals surface area (Å²) in [5.74, 6) is -0.645. The van der Waals surface area contributed by atoms with E-state index in [0.29, 0.717) is 17.1 Å². The molecule has 23 heavy (non-hydrogen) atoms. The Bertz CT molecular complexity index is 587. The van der Waals surface area contributed by atoms with E-state index in [1.54, 1.807) is 11.9 Å². The number of aryl methyl sites for hydroxylation is 1. The number of hydrogen-bond donors (Lipinski definition) is 0. The number of carbonyl (C=O) groups is 2. The third kappa shape index (κ3) is 3.86. The highest BCUT2D eigenvalue weighted by Crippen LogP contribution is 2.28. The Morgan fingerprint density at radius 3 is 2.52 bits per heavy atom. The zero-order chi connectivity index (χ0) is 17.4. The van der Waals surface area contributed by atoms with Crippen molar-refractivity contribution in [2.24, 2.45) is 7.05 Å². The van der Waals surface area contributed by atoms with Crippen LogP contribution in [0.3, 0.4) is 0 Å². The van der Waals surface area contributed by atoms with E-state index in [-0.39, 0.29) is 17.9 Å². The molecule has 0 aliphatic carbocycles. The summed E-state index contributed by atoms with van der Waals surface area (Å²) in [6.45, 7) is 7.41. The Morgan fingerprint density at radius 1 is 1.35 bits per heavy atom. The van der Waals surface area contributed by atoms with Crippen LogP contribution in [-0.2, 0) is 16.6 Å². The van der Waals surface area contributed by atoms with Gasteiger partial charge in [0.15, 0.2) is 0 Å². The van der Waals surface area contributed by atoms with Crippen LogP contribution >= 0.6 is 11.6 Å². The van der Waals surface area contributed by atoms with E-state index in [2.05, 4.69) is 5.10 Å². The quantitative estimate of drug-likeness (QED) is 0.776. The van der Waals surface area contributed by atoms with Crippen LogP contribution in [0, 0.1) is 0 Å². The van der Waals surface area contributed by atoms with Gasteiger partial charge >= 0.3 is 5.97 Å². The van der Waals surface area contributed by atoms with Crippen LogP contribution in [-0.4, -0.2) is 44.2 Å². The van der Waals surface area contributed by atoms with Gasteiger partial charge in [-0.15, -0.1) is 0 Å². The number of carbonyl (C=O) groups excluding carboxylic acids is 2. The van der Waals surface area contributed by atoms with Crippen LogP contribution in [0.15, 0.2) is 6.20 Å². The van der Waals surface area contributed by atoms with Crippen molar-refractivity contribution in [3.63, 3.8) is 0 Å². The number of rotatable bonds is 2. The Hall–Kier alpha value is -1.56. The van der Waals surface area contributed by atoms with Crippen molar-refractivity contribution >= 4 is 23.5 Å². The van der Waals surface area contributed by atoms with Gasteiger partial charge in [0, 0.05) is 13.1 Å². The SMILES string of the molecule is CC1CCCC(C(=O)OC(C)(C)C)N1C(=O)c1c(Cl)cnn1C. The van der Waals surface area contributed by atoms with Crippen molar-refractivity contribution in [2.75, 3.05) is 0 Å². The Morgan fingerprint density at radius 2 is 2.00 bits per heavy atom. The molecule has 0 bridgehead atoms. The van der Waals surface area contributed by atoms with Gasteiger partial charge in [-0.3, -0.25) is 9.48 Å². The van der Waals surface area contributed by atoms with E-state index >= 15 is 0 Å². The van der Waals surface area contributed by atoms with Crippen LogP contribution < -0.4 is 0 Å². The highest BCUT2D eigenvalue weighted by molar-refractivity contribution is 6.33. The monoisotopic (exact) mass is 341 g/mol. The van der Waals surface area contributed by atoms with Gasteiger partial charge in [0.25, 0.3) is 5.91 Å². The maximum Gasteiger partial charge on any atom is 0.329 e. The van der Waals surface area contributed by atoms with Gasteiger partial charge < -0.3 is 9.64 Å². The number of esters is 1. The standard InChI is InChI=1S/C16H24ClN3O3/c1-10-7-6-8-12(15(22)23-16(2,3)4)20(10)14(21)13-11(17)9-18-19(13)5/h9-10,12H,6-8H2,1-5H3. The van der Waals surface area contributed by atoms with Crippen molar-refractivity contribution < 1.29 is 14.3 Å². The lowest BCUT2D eigenvalue weighted by Crippen LogP contribution is -2.54. The van der Waals surface area contributed by atoms with Gasteiger partial charge in [0.1, 0.15) is 17.3 Å². The Kier molecular flexibility index (Phi) is 5.04. The zero-order valence-electron chi connectivity index (χ0n) is 14.3. The first-order valence-electron chi connectivity index (χ1n) is 7.85. The fraction of sp³-hybridized carbons (Fsp3) is 0.688. The molecule has 2 unspecified atom stereocenters. The van der Waals surface area contributed by atoms with E-state index < -0.39 is 11.6 Å². The predicted octanol–water partition coefficient (Wildman–Crippen LogP) is 2.80. The Balaban J connectivity index is 2.31. The molecular formula is C16H24ClN3O3. The molecule has 0 saturated carbocycles. The minimum Gasteiger partial charge on any atom is -0.458 e. The molecular weight excluding hydrogens is 318 g/mol. The summed E-state index contributed by atoms with van der Waals surface area (Å²) >= 11 is 6.09. The minimum atomic E-state index is -0.587. The summed E-state index contributed by atoms with van der Waals surface area (Å²) in [6, 6.07) is -0.642. The van der Waals surface area contributed by atoms with Gasteiger partial charge in [-0.2, -0.15) is 5.10 Å². The predicted molar refractivity (Wildman–Crippen MR) is 87.3 cm³/mol. The number of likely N-dealkylation sites (tertiary alicyclic amines) is 1. The topological polar surface area (TPSA) is 64.4 Å². The van der Waals surface area contributed by atoms with Crippen molar-refractivity contribution in [2.45, 2.75) is 64.6 Å². The van der Waals surface area contributed by atoms with Gasteiger partial charge in [-0.05, 0) is 47.0 Å². The largest absolute Gasteiger partial charge is 0.458 e. The van der Waals surface area contributed by atoms with E-state index in [1.807, 2.05) is 27.7 Å². The number of hydrogen-bond acceptors (Lipinski definition) is 4. The molecule has 2 atom stereocenters. The number of amides is 1. The first kappa shape index (κ1) is 17.8. The van der Waals surface area contributed by atoms with E-state index in [4.69, 9.17) is 16.3 Å². The van der Waals surface area contributed by atoms with Crippen molar-refractivity contribution in [3.05, 3.63) is 16.9 Å². The summed E-state index contributed by atoms with van der Waals surface area (Å²) in [5.41, 5.74) is -0.287. The second-order valence-corrected chi connectivity index (χ2v) is 7.41. The second-order valence-electron chi connectivity index (χ2n) is 7.01. The molecule has 1 fully saturated rings. The van der Waals surface area contributed by atoms with E-state index in [1.165, 1.54) is 10.9 Å². The summed E-state index contributed by atoms with van der Waals surface area (Å²) in [5, 5.41) is 4.30. The first-order valence-corrected chi connectivity index (χ1v) is 8.22. The molecule has 6 nitrogen and oxygen atoms in total. The molecule has 7 heteroatoms. The highest BCUT2D eigenvalue weighted by Gasteiger charge is 2.40.